The highest BCUT2D eigenvalue weighted by Gasteiger charge is 2.38. The summed E-state index contributed by atoms with van der Waals surface area (Å²) in [7, 11) is 0. The summed E-state index contributed by atoms with van der Waals surface area (Å²) in [5.74, 6) is -0.281. The zero-order valence-corrected chi connectivity index (χ0v) is 19.6. The van der Waals surface area contributed by atoms with Crippen molar-refractivity contribution < 1.29 is 9.53 Å². The normalized spacial score (nSPS) is 12.4. The molecule has 0 aliphatic carbocycles. The number of aryl methyl sites for hydroxylation is 1. The Kier molecular flexibility index (Phi) is 7.34. The summed E-state index contributed by atoms with van der Waals surface area (Å²) in [6, 6.07) is 38.6. The molecule has 4 rings (SSSR count). The number of aliphatic imine (C=N–C) groups is 1. The van der Waals surface area contributed by atoms with Crippen molar-refractivity contribution in [1.29, 1.82) is 0 Å². The molecule has 34 heavy (non-hydrogen) atoms. The highest BCUT2D eigenvalue weighted by molar-refractivity contribution is 6.13. The van der Waals surface area contributed by atoms with Gasteiger partial charge in [0.25, 0.3) is 0 Å². The molecule has 170 valence electrons. The number of ether oxygens (including phenoxy) is 1. The van der Waals surface area contributed by atoms with E-state index in [1.807, 2.05) is 73.7 Å². The molecule has 0 aliphatic rings. The summed E-state index contributed by atoms with van der Waals surface area (Å²) in [5, 5.41) is 0. The van der Waals surface area contributed by atoms with E-state index < -0.39 is 5.54 Å². The molecule has 4 aromatic carbocycles. The van der Waals surface area contributed by atoms with Crippen molar-refractivity contribution in [3.63, 3.8) is 0 Å². The minimum absolute atomic E-state index is 0.0943. The van der Waals surface area contributed by atoms with Crippen LogP contribution in [-0.4, -0.2) is 18.3 Å². The fourth-order valence-electron chi connectivity index (χ4n) is 4.18. The average molecular weight is 448 g/mol. The third kappa shape index (κ3) is 5.15. The second kappa shape index (κ2) is 10.8. The van der Waals surface area contributed by atoms with Crippen molar-refractivity contribution in [2.24, 2.45) is 4.99 Å². The molecule has 0 heterocycles. The van der Waals surface area contributed by atoms with Gasteiger partial charge in [-0.3, -0.25) is 9.79 Å². The predicted molar refractivity (Wildman–Crippen MR) is 138 cm³/mol. The van der Waals surface area contributed by atoms with E-state index in [0.717, 1.165) is 33.5 Å². The van der Waals surface area contributed by atoms with E-state index in [-0.39, 0.29) is 12.4 Å². The molecular weight excluding hydrogens is 418 g/mol. The molecule has 0 bridgehead atoms. The molecule has 0 spiro atoms. The number of carbonyl (C=O) groups excluding carboxylic acids is 1. The van der Waals surface area contributed by atoms with Crippen LogP contribution in [0, 0.1) is 6.92 Å². The summed E-state index contributed by atoms with van der Waals surface area (Å²) in [6.07, 6.45) is 0.0943. The van der Waals surface area contributed by atoms with Crippen LogP contribution in [0.5, 0.6) is 0 Å². The highest BCUT2D eigenvalue weighted by Crippen LogP contribution is 2.39. The van der Waals surface area contributed by atoms with E-state index in [1.54, 1.807) is 0 Å². The standard InChI is InChI=1S/C31H29NO2/c1-3-34-29(33)23-31(27-17-11-6-12-18-27,28-21-19-24(2)20-22-28)32-30(25-13-7-4-8-14-25)26-15-9-5-10-16-26/h4-22H,3,23H2,1-2H3. The monoisotopic (exact) mass is 447 g/mol. The molecule has 0 saturated heterocycles. The van der Waals surface area contributed by atoms with E-state index >= 15 is 0 Å². The summed E-state index contributed by atoms with van der Waals surface area (Å²) in [6.45, 7) is 4.21. The lowest BCUT2D eigenvalue weighted by Gasteiger charge is -2.32. The van der Waals surface area contributed by atoms with Gasteiger partial charge in [-0.2, -0.15) is 0 Å². The van der Waals surface area contributed by atoms with Gasteiger partial charge in [-0.05, 0) is 25.0 Å². The fourth-order valence-corrected chi connectivity index (χ4v) is 4.18. The molecule has 3 nitrogen and oxygen atoms in total. The molecule has 0 fully saturated rings. The smallest absolute Gasteiger partial charge is 0.308 e. The van der Waals surface area contributed by atoms with Gasteiger partial charge in [0.1, 0.15) is 5.54 Å². The van der Waals surface area contributed by atoms with Crippen molar-refractivity contribution in [3.8, 4) is 0 Å². The van der Waals surface area contributed by atoms with Gasteiger partial charge in [0.2, 0.25) is 0 Å². The molecule has 0 aliphatic heterocycles. The average Bonchev–Trinajstić information content (AvgIpc) is 2.89. The van der Waals surface area contributed by atoms with E-state index in [1.165, 1.54) is 0 Å². The van der Waals surface area contributed by atoms with Gasteiger partial charge in [0.05, 0.1) is 18.7 Å². The lowest BCUT2D eigenvalue weighted by molar-refractivity contribution is -0.144. The van der Waals surface area contributed by atoms with E-state index in [4.69, 9.17) is 9.73 Å². The van der Waals surface area contributed by atoms with Crippen LogP contribution in [0.2, 0.25) is 0 Å². The molecule has 0 aromatic heterocycles. The number of hydrogen-bond donors (Lipinski definition) is 0. The Morgan fingerprint density at radius 2 is 1.18 bits per heavy atom. The van der Waals surface area contributed by atoms with E-state index in [0.29, 0.717) is 6.61 Å². The minimum Gasteiger partial charge on any atom is -0.466 e. The Labute approximate surface area is 201 Å². The molecule has 0 amide bonds. The number of esters is 1. The van der Waals surface area contributed by atoms with Gasteiger partial charge in [-0.25, -0.2) is 0 Å². The van der Waals surface area contributed by atoms with Gasteiger partial charge in [-0.15, -0.1) is 0 Å². The quantitative estimate of drug-likeness (QED) is 0.222. The fraction of sp³-hybridized carbons (Fsp3) is 0.161. The first-order valence-electron chi connectivity index (χ1n) is 11.6. The largest absolute Gasteiger partial charge is 0.466 e. The number of benzene rings is 4. The zero-order chi connectivity index (χ0) is 23.8. The Bertz CT molecular complexity index is 1190. The van der Waals surface area contributed by atoms with Crippen LogP contribution in [0.1, 0.15) is 41.2 Å². The van der Waals surface area contributed by atoms with Crippen LogP contribution in [0.15, 0.2) is 120 Å². The first-order chi connectivity index (χ1) is 16.6. The van der Waals surface area contributed by atoms with Gasteiger partial charge in [-0.1, -0.05) is 121 Å². The van der Waals surface area contributed by atoms with Crippen LogP contribution in [0.4, 0.5) is 0 Å². The third-order valence-corrected chi connectivity index (χ3v) is 5.88. The second-order valence-corrected chi connectivity index (χ2v) is 8.27. The maximum absolute atomic E-state index is 13.0. The van der Waals surface area contributed by atoms with Gasteiger partial charge in [0, 0.05) is 11.1 Å². The van der Waals surface area contributed by atoms with Crippen molar-refractivity contribution >= 4 is 11.7 Å². The molecule has 3 heteroatoms. The SMILES string of the molecule is CCOC(=O)CC(N=C(c1ccccc1)c1ccccc1)(c1ccccc1)c1ccc(C)cc1. The molecule has 1 atom stereocenters. The zero-order valence-electron chi connectivity index (χ0n) is 19.6. The Hall–Kier alpha value is -3.98. The minimum atomic E-state index is -0.956. The van der Waals surface area contributed by atoms with Gasteiger partial charge >= 0.3 is 5.97 Å². The summed E-state index contributed by atoms with van der Waals surface area (Å²) >= 11 is 0. The molecule has 1 unspecified atom stereocenters. The molecular formula is C31H29NO2. The van der Waals surface area contributed by atoms with Gasteiger partial charge in [0.15, 0.2) is 0 Å². The Balaban J connectivity index is 2.04. The van der Waals surface area contributed by atoms with Crippen LogP contribution in [-0.2, 0) is 15.1 Å². The van der Waals surface area contributed by atoms with E-state index in [9.17, 15) is 4.79 Å². The van der Waals surface area contributed by atoms with Crippen LogP contribution < -0.4 is 0 Å². The molecule has 4 aromatic rings. The second-order valence-electron chi connectivity index (χ2n) is 8.27. The maximum atomic E-state index is 13.0. The summed E-state index contributed by atoms with van der Waals surface area (Å²) in [4.78, 5) is 18.5. The number of hydrogen-bond acceptors (Lipinski definition) is 3. The highest BCUT2D eigenvalue weighted by atomic mass is 16.5. The maximum Gasteiger partial charge on any atom is 0.308 e. The molecule has 0 radical (unpaired) electrons. The topological polar surface area (TPSA) is 38.7 Å². The number of rotatable bonds is 8. The van der Waals surface area contributed by atoms with Crippen LogP contribution in [0.3, 0.4) is 0 Å². The van der Waals surface area contributed by atoms with Crippen LogP contribution in [0.25, 0.3) is 0 Å². The van der Waals surface area contributed by atoms with Crippen molar-refractivity contribution in [3.05, 3.63) is 143 Å². The third-order valence-electron chi connectivity index (χ3n) is 5.88. The predicted octanol–water partition coefficient (Wildman–Crippen LogP) is 6.73. The van der Waals surface area contributed by atoms with Crippen molar-refractivity contribution in [1.82, 2.24) is 0 Å². The number of nitrogens with zero attached hydrogens (tertiary/aromatic N) is 1. The summed E-state index contributed by atoms with van der Waals surface area (Å²) in [5.41, 5.74) is 4.89. The first kappa shape index (κ1) is 23.2. The lowest BCUT2D eigenvalue weighted by Crippen LogP contribution is -2.31. The number of carbonyl (C=O) groups is 1. The molecule has 0 N–H and O–H groups in total. The van der Waals surface area contributed by atoms with E-state index in [2.05, 4.69) is 55.5 Å². The van der Waals surface area contributed by atoms with Crippen molar-refractivity contribution in [2.45, 2.75) is 25.8 Å². The van der Waals surface area contributed by atoms with Crippen LogP contribution >= 0.6 is 0 Å². The van der Waals surface area contributed by atoms with Gasteiger partial charge < -0.3 is 4.74 Å². The summed E-state index contributed by atoms with van der Waals surface area (Å²) < 4.78 is 5.45. The van der Waals surface area contributed by atoms with Crippen molar-refractivity contribution in [2.75, 3.05) is 6.61 Å². The molecule has 0 saturated carbocycles. The Morgan fingerprint density at radius 1 is 0.706 bits per heavy atom. The Morgan fingerprint density at radius 3 is 1.68 bits per heavy atom. The lowest BCUT2D eigenvalue weighted by atomic mass is 9.79. The first-order valence-corrected chi connectivity index (χ1v) is 11.6.